The number of anilines is 1. The number of rotatable bonds is 0. The molecule has 0 fully saturated rings. The van der Waals surface area contributed by atoms with Gasteiger partial charge >= 0.3 is 0 Å². The minimum absolute atomic E-state index is 0.819. The third kappa shape index (κ3) is 1.26. The van der Waals surface area contributed by atoms with E-state index in [4.69, 9.17) is 11.6 Å². The number of halogens is 1. The summed E-state index contributed by atoms with van der Waals surface area (Å²) in [6, 6.07) is 1.96. The highest BCUT2D eigenvalue weighted by molar-refractivity contribution is 8.00. The van der Waals surface area contributed by atoms with Gasteiger partial charge in [-0.05, 0) is 6.07 Å². The van der Waals surface area contributed by atoms with Crippen LogP contribution in [0.15, 0.2) is 14.7 Å². The smallest absolute Gasteiger partial charge is 0.108 e. The molecule has 5 heteroatoms. The van der Waals surface area contributed by atoms with E-state index in [0.29, 0.717) is 0 Å². The molecule has 2 nitrogen and oxygen atoms in total. The molecule has 0 N–H and O–H groups in total. The van der Waals surface area contributed by atoms with E-state index in [1.54, 1.807) is 17.7 Å². The first-order chi connectivity index (χ1) is 5.27. The number of nitrogens with zero attached hydrogens (tertiary/aromatic N) is 2. The first kappa shape index (κ1) is 7.46. The van der Waals surface area contributed by atoms with Gasteiger partial charge in [-0.3, -0.25) is 0 Å². The zero-order valence-corrected chi connectivity index (χ0v) is 8.13. The normalized spacial score (nSPS) is 15.3. The molecule has 0 unspecified atom stereocenters. The Bertz CT molecular complexity index is 308. The Morgan fingerprint density at radius 3 is 3.18 bits per heavy atom. The zero-order valence-electron chi connectivity index (χ0n) is 5.74. The lowest BCUT2D eigenvalue weighted by Crippen LogP contribution is -2.15. The van der Waals surface area contributed by atoms with E-state index in [1.807, 2.05) is 18.0 Å². The summed E-state index contributed by atoms with van der Waals surface area (Å²) >= 11 is 8.88. The quantitative estimate of drug-likeness (QED) is 0.604. The first-order valence-electron chi connectivity index (χ1n) is 3.00. The van der Waals surface area contributed by atoms with E-state index >= 15 is 0 Å². The third-order valence-corrected chi connectivity index (χ3v) is 3.48. The lowest BCUT2D eigenvalue weighted by molar-refractivity contribution is 1.27. The molecule has 1 aromatic rings. The van der Waals surface area contributed by atoms with Crippen molar-refractivity contribution in [3.8, 4) is 0 Å². The second kappa shape index (κ2) is 2.69. The molecule has 11 heavy (non-hydrogen) atoms. The molecular weight excluding hydrogens is 200 g/mol. The summed E-state index contributed by atoms with van der Waals surface area (Å²) in [5.41, 5.74) is 1.15. The molecule has 1 aliphatic rings. The van der Waals surface area contributed by atoms with Gasteiger partial charge in [-0.15, -0.1) is 11.3 Å². The van der Waals surface area contributed by atoms with Crippen molar-refractivity contribution < 1.29 is 0 Å². The standard InChI is InChI=1S/C6H5ClN2S2/c1-9-3-8-11-6-4(9)2-5(7)10-6/h2-3H,1H3. The molecule has 0 radical (unpaired) electrons. The van der Waals surface area contributed by atoms with E-state index in [0.717, 1.165) is 10.0 Å². The van der Waals surface area contributed by atoms with Crippen molar-refractivity contribution in [2.24, 2.45) is 4.40 Å². The SMILES string of the molecule is CN1C=NSc2sc(Cl)cc21. The van der Waals surface area contributed by atoms with Crippen LogP contribution in [0.5, 0.6) is 0 Å². The van der Waals surface area contributed by atoms with Crippen LogP contribution in [0.3, 0.4) is 0 Å². The molecule has 0 saturated carbocycles. The van der Waals surface area contributed by atoms with Crippen LogP contribution in [0.2, 0.25) is 4.34 Å². The van der Waals surface area contributed by atoms with Gasteiger partial charge in [0.25, 0.3) is 0 Å². The Hall–Kier alpha value is -0.190. The molecule has 1 aliphatic heterocycles. The van der Waals surface area contributed by atoms with Gasteiger partial charge in [-0.2, -0.15) is 0 Å². The van der Waals surface area contributed by atoms with Crippen LogP contribution in [0.4, 0.5) is 5.69 Å². The van der Waals surface area contributed by atoms with Crippen LogP contribution < -0.4 is 4.90 Å². The van der Waals surface area contributed by atoms with Crippen molar-refractivity contribution in [1.82, 2.24) is 0 Å². The minimum Gasteiger partial charge on any atom is -0.333 e. The van der Waals surface area contributed by atoms with E-state index < -0.39 is 0 Å². The maximum atomic E-state index is 5.84. The molecule has 0 saturated heterocycles. The first-order valence-corrected chi connectivity index (χ1v) is 4.97. The van der Waals surface area contributed by atoms with Gasteiger partial charge in [0.2, 0.25) is 0 Å². The molecule has 0 spiro atoms. The number of fused-ring (bicyclic) bond motifs is 1. The molecule has 0 atom stereocenters. The molecule has 0 amide bonds. The van der Waals surface area contributed by atoms with Crippen LogP contribution >= 0.6 is 34.9 Å². The second-order valence-electron chi connectivity index (χ2n) is 2.15. The van der Waals surface area contributed by atoms with E-state index in [1.165, 1.54) is 16.2 Å². The second-order valence-corrected chi connectivity index (χ2v) is 4.89. The number of thiophene rings is 1. The van der Waals surface area contributed by atoms with Crippen molar-refractivity contribution in [2.45, 2.75) is 4.21 Å². The largest absolute Gasteiger partial charge is 0.333 e. The predicted octanol–water partition coefficient (Wildman–Crippen LogP) is 2.89. The van der Waals surface area contributed by atoms with Crippen LogP contribution in [0.1, 0.15) is 0 Å². The minimum atomic E-state index is 0.819. The maximum Gasteiger partial charge on any atom is 0.108 e. The third-order valence-electron chi connectivity index (χ3n) is 1.39. The van der Waals surface area contributed by atoms with Crippen molar-refractivity contribution in [3.05, 3.63) is 10.4 Å². The summed E-state index contributed by atoms with van der Waals surface area (Å²) in [5, 5.41) is 0. The Morgan fingerprint density at radius 2 is 2.45 bits per heavy atom. The number of hydrogen-bond donors (Lipinski definition) is 0. The lowest BCUT2D eigenvalue weighted by atomic mass is 10.5. The Labute approximate surface area is 78.0 Å². The zero-order chi connectivity index (χ0) is 7.84. The van der Waals surface area contributed by atoms with E-state index in [9.17, 15) is 0 Å². The van der Waals surface area contributed by atoms with Crippen molar-refractivity contribution >= 4 is 46.9 Å². The van der Waals surface area contributed by atoms with Gasteiger partial charge in [0.05, 0.1) is 10.0 Å². The van der Waals surface area contributed by atoms with Crippen molar-refractivity contribution in [2.75, 3.05) is 11.9 Å². The summed E-state index contributed by atoms with van der Waals surface area (Å²) in [7, 11) is 1.96. The molecule has 2 heterocycles. The number of hydrogen-bond acceptors (Lipinski definition) is 4. The molecule has 0 bridgehead atoms. The average Bonchev–Trinajstić information content (AvgIpc) is 2.31. The van der Waals surface area contributed by atoms with Gasteiger partial charge in [0.1, 0.15) is 10.5 Å². The molecule has 0 aliphatic carbocycles. The van der Waals surface area contributed by atoms with E-state index in [-0.39, 0.29) is 0 Å². The summed E-state index contributed by atoms with van der Waals surface area (Å²) in [5.74, 6) is 0. The summed E-state index contributed by atoms with van der Waals surface area (Å²) in [4.78, 5) is 1.97. The Morgan fingerprint density at radius 1 is 1.64 bits per heavy atom. The highest BCUT2D eigenvalue weighted by atomic mass is 35.5. The summed E-state index contributed by atoms with van der Waals surface area (Å²) in [6.45, 7) is 0. The molecule has 1 aromatic heterocycles. The maximum absolute atomic E-state index is 5.84. The van der Waals surface area contributed by atoms with Crippen LogP contribution in [0.25, 0.3) is 0 Å². The van der Waals surface area contributed by atoms with Gasteiger partial charge in [-0.25, -0.2) is 4.40 Å². The highest BCUT2D eigenvalue weighted by Crippen LogP contribution is 2.42. The fraction of sp³-hybridized carbons (Fsp3) is 0.167. The monoisotopic (exact) mass is 204 g/mol. The van der Waals surface area contributed by atoms with E-state index in [2.05, 4.69) is 4.40 Å². The molecule has 58 valence electrons. The fourth-order valence-electron chi connectivity index (χ4n) is 0.852. The molecular formula is C6H5ClN2S2. The molecule has 0 aromatic carbocycles. The summed E-state index contributed by atoms with van der Waals surface area (Å²) in [6.07, 6.45) is 1.79. The van der Waals surface area contributed by atoms with Crippen LogP contribution in [-0.4, -0.2) is 13.4 Å². The predicted molar refractivity (Wildman–Crippen MR) is 52.1 cm³/mol. The van der Waals surface area contributed by atoms with Crippen LogP contribution in [0, 0.1) is 0 Å². The highest BCUT2D eigenvalue weighted by Gasteiger charge is 2.14. The van der Waals surface area contributed by atoms with Gasteiger partial charge in [0.15, 0.2) is 0 Å². The summed E-state index contributed by atoms with van der Waals surface area (Å²) < 4.78 is 6.07. The van der Waals surface area contributed by atoms with Crippen molar-refractivity contribution in [1.29, 1.82) is 0 Å². The fourth-order valence-corrected chi connectivity index (χ4v) is 3.11. The van der Waals surface area contributed by atoms with Gasteiger partial charge in [0, 0.05) is 19.0 Å². The van der Waals surface area contributed by atoms with Gasteiger partial charge < -0.3 is 4.90 Å². The van der Waals surface area contributed by atoms with Crippen molar-refractivity contribution in [3.63, 3.8) is 0 Å². The average molecular weight is 205 g/mol. The lowest BCUT2D eigenvalue weighted by Gasteiger charge is -2.15. The topological polar surface area (TPSA) is 15.6 Å². The van der Waals surface area contributed by atoms with Gasteiger partial charge in [-0.1, -0.05) is 11.6 Å². The van der Waals surface area contributed by atoms with Crippen LogP contribution in [-0.2, 0) is 0 Å². The molecule has 2 rings (SSSR count). The Balaban J connectivity index is 2.49. The Kier molecular flexibility index (Phi) is 1.83.